The van der Waals surface area contributed by atoms with Gasteiger partial charge in [0.2, 0.25) is 0 Å². The fraction of sp³-hybridized carbons (Fsp3) is 0.500. The lowest BCUT2D eigenvalue weighted by atomic mass is 10.1. The summed E-state index contributed by atoms with van der Waals surface area (Å²) in [4.78, 5) is 11.3. The van der Waals surface area contributed by atoms with Crippen LogP contribution in [-0.4, -0.2) is 26.3 Å². The van der Waals surface area contributed by atoms with E-state index in [1.54, 1.807) is 7.11 Å². The Labute approximate surface area is 108 Å². The van der Waals surface area contributed by atoms with Crippen molar-refractivity contribution in [1.82, 2.24) is 0 Å². The number of carbonyl (C=O) groups excluding carboxylic acids is 1. The van der Waals surface area contributed by atoms with E-state index in [-0.39, 0.29) is 18.0 Å². The highest BCUT2D eigenvalue weighted by atomic mass is 16.5. The summed E-state index contributed by atoms with van der Waals surface area (Å²) in [7, 11) is 3.02. The fourth-order valence-electron chi connectivity index (χ4n) is 1.73. The van der Waals surface area contributed by atoms with Crippen molar-refractivity contribution in [2.45, 2.75) is 26.4 Å². The summed E-state index contributed by atoms with van der Waals surface area (Å²) in [5, 5.41) is 0. The van der Waals surface area contributed by atoms with E-state index in [2.05, 4.69) is 4.74 Å². The molecule has 0 aromatic heterocycles. The van der Waals surface area contributed by atoms with Gasteiger partial charge in [0.25, 0.3) is 0 Å². The third-order valence-corrected chi connectivity index (χ3v) is 2.69. The highest BCUT2D eigenvalue weighted by molar-refractivity contribution is 5.71. The molecule has 0 radical (unpaired) electrons. The maximum absolute atomic E-state index is 11.3. The molecular formula is C14H20O4. The monoisotopic (exact) mass is 252 g/mol. The topological polar surface area (TPSA) is 44.8 Å². The molecular weight excluding hydrogens is 232 g/mol. The molecule has 0 aliphatic rings. The molecule has 2 atom stereocenters. The first-order chi connectivity index (χ1) is 8.56. The van der Waals surface area contributed by atoms with Gasteiger partial charge in [-0.1, -0.05) is 6.92 Å². The van der Waals surface area contributed by atoms with Crippen LogP contribution >= 0.6 is 0 Å². The summed E-state index contributed by atoms with van der Waals surface area (Å²) in [6.45, 7) is 3.77. The highest BCUT2D eigenvalue weighted by Gasteiger charge is 2.17. The van der Waals surface area contributed by atoms with E-state index in [9.17, 15) is 4.79 Å². The van der Waals surface area contributed by atoms with E-state index in [1.807, 2.05) is 38.1 Å². The fourth-order valence-corrected chi connectivity index (χ4v) is 1.73. The Hall–Kier alpha value is -1.71. The minimum Gasteiger partial charge on any atom is -0.497 e. The molecule has 0 bridgehead atoms. The molecule has 0 aliphatic heterocycles. The van der Waals surface area contributed by atoms with Crippen molar-refractivity contribution in [3.8, 4) is 11.5 Å². The molecule has 2 unspecified atom stereocenters. The van der Waals surface area contributed by atoms with Gasteiger partial charge in [-0.05, 0) is 37.6 Å². The smallest absolute Gasteiger partial charge is 0.308 e. The second-order valence-corrected chi connectivity index (χ2v) is 4.26. The van der Waals surface area contributed by atoms with Crippen molar-refractivity contribution < 1.29 is 19.0 Å². The SMILES string of the molecule is COC(=O)C(C)CC(C)Oc1ccc(OC)cc1. The first-order valence-corrected chi connectivity index (χ1v) is 5.95. The van der Waals surface area contributed by atoms with Crippen molar-refractivity contribution in [2.24, 2.45) is 5.92 Å². The average Bonchev–Trinajstić information content (AvgIpc) is 2.38. The van der Waals surface area contributed by atoms with E-state index in [1.165, 1.54) is 7.11 Å². The van der Waals surface area contributed by atoms with Gasteiger partial charge in [-0.15, -0.1) is 0 Å². The Bertz CT molecular complexity index is 372. The van der Waals surface area contributed by atoms with E-state index < -0.39 is 0 Å². The van der Waals surface area contributed by atoms with E-state index in [0.717, 1.165) is 11.5 Å². The molecule has 0 spiro atoms. The van der Waals surface area contributed by atoms with Gasteiger partial charge in [0.05, 0.1) is 26.2 Å². The minimum absolute atomic E-state index is 0.0486. The maximum Gasteiger partial charge on any atom is 0.308 e. The largest absolute Gasteiger partial charge is 0.497 e. The van der Waals surface area contributed by atoms with Crippen LogP contribution in [0.25, 0.3) is 0 Å². The number of hydrogen-bond donors (Lipinski definition) is 0. The number of methoxy groups -OCH3 is 2. The third-order valence-electron chi connectivity index (χ3n) is 2.69. The molecule has 0 amide bonds. The van der Waals surface area contributed by atoms with Crippen molar-refractivity contribution >= 4 is 5.97 Å². The lowest BCUT2D eigenvalue weighted by Gasteiger charge is -2.17. The van der Waals surface area contributed by atoms with Crippen LogP contribution in [0.1, 0.15) is 20.3 Å². The predicted octanol–water partition coefficient (Wildman–Crippen LogP) is 2.66. The molecule has 100 valence electrons. The van der Waals surface area contributed by atoms with E-state index >= 15 is 0 Å². The molecule has 0 heterocycles. The van der Waals surface area contributed by atoms with Gasteiger partial charge in [-0.25, -0.2) is 0 Å². The number of ether oxygens (including phenoxy) is 3. The molecule has 0 fully saturated rings. The van der Waals surface area contributed by atoms with Gasteiger partial charge in [-0.3, -0.25) is 4.79 Å². The molecule has 0 N–H and O–H groups in total. The zero-order chi connectivity index (χ0) is 13.5. The summed E-state index contributed by atoms with van der Waals surface area (Å²) in [5.41, 5.74) is 0. The van der Waals surface area contributed by atoms with E-state index in [4.69, 9.17) is 9.47 Å². The van der Waals surface area contributed by atoms with Gasteiger partial charge in [0.15, 0.2) is 0 Å². The van der Waals surface area contributed by atoms with Crippen LogP contribution in [0, 0.1) is 5.92 Å². The number of esters is 1. The van der Waals surface area contributed by atoms with Crippen molar-refractivity contribution in [3.05, 3.63) is 24.3 Å². The van der Waals surface area contributed by atoms with Crippen molar-refractivity contribution in [1.29, 1.82) is 0 Å². The zero-order valence-electron chi connectivity index (χ0n) is 11.3. The average molecular weight is 252 g/mol. The Balaban J connectivity index is 2.48. The van der Waals surface area contributed by atoms with Crippen LogP contribution in [0.5, 0.6) is 11.5 Å². The summed E-state index contributed by atoms with van der Waals surface area (Å²) in [6.07, 6.45) is 0.575. The Kier molecular flexibility index (Phi) is 5.49. The molecule has 0 saturated heterocycles. The normalized spacial score (nSPS) is 13.6. The van der Waals surface area contributed by atoms with Crippen LogP contribution in [-0.2, 0) is 9.53 Å². The van der Waals surface area contributed by atoms with E-state index in [0.29, 0.717) is 6.42 Å². The van der Waals surface area contributed by atoms with Crippen LogP contribution in [0.4, 0.5) is 0 Å². The number of rotatable bonds is 6. The third kappa shape index (κ3) is 4.28. The first kappa shape index (κ1) is 14.4. The Morgan fingerprint density at radius 3 is 2.17 bits per heavy atom. The van der Waals surface area contributed by atoms with Gasteiger partial charge >= 0.3 is 5.97 Å². The molecule has 18 heavy (non-hydrogen) atoms. The van der Waals surface area contributed by atoms with Gasteiger partial charge in [-0.2, -0.15) is 0 Å². The predicted molar refractivity (Wildman–Crippen MR) is 68.9 cm³/mol. The number of carbonyl (C=O) groups is 1. The molecule has 1 aromatic carbocycles. The summed E-state index contributed by atoms with van der Waals surface area (Å²) in [6, 6.07) is 7.37. The quantitative estimate of drug-likeness (QED) is 0.730. The Morgan fingerprint density at radius 1 is 1.11 bits per heavy atom. The van der Waals surface area contributed by atoms with Crippen LogP contribution in [0.2, 0.25) is 0 Å². The maximum atomic E-state index is 11.3. The van der Waals surface area contributed by atoms with Gasteiger partial charge in [0, 0.05) is 0 Å². The Morgan fingerprint density at radius 2 is 1.67 bits per heavy atom. The zero-order valence-corrected chi connectivity index (χ0v) is 11.3. The second kappa shape index (κ2) is 6.89. The van der Waals surface area contributed by atoms with Gasteiger partial charge < -0.3 is 14.2 Å². The van der Waals surface area contributed by atoms with Crippen LogP contribution in [0.15, 0.2) is 24.3 Å². The van der Waals surface area contributed by atoms with Crippen LogP contribution in [0.3, 0.4) is 0 Å². The lowest BCUT2D eigenvalue weighted by Crippen LogP contribution is -2.21. The molecule has 1 aromatic rings. The van der Waals surface area contributed by atoms with Crippen molar-refractivity contribution in [3.63, 3.8) is 0 Å². The molecule has 4 heteroatoms. The second-order valence-electron chi connectivity index (χ2n) is 4.26. The molecule has 0 aliphatic carbocycles. The molecule has 0 saturated carbocycles. The summed E-state index contributed by atoms with van der Waals surface area (Å²) in [5.74, 6) is 1.18. The lowest BCUT2D eigenvalue weighted by molar-refractivity contribution is -0.145. The number of benzene rings is 1. The summed E-state index contributed by atoms with van der Waals surface area (Å²) < 4.78 is 15.5. The first-order valence-electron chi connectivity index (χ1n) is 5.95. The number of hydrogen-bond acceptors (Lipinski definition) is 4. The molecule has 1 rings (SSSR count). The van der Waals surface area contributed by atoms with Crippen LogP contribution < -0.4 is 9.47 Å². The van der Waals surface area contributed by atoms with Gasteiger partial charge in [0.1, 0.15) is 11.5 Å². The standard InChI is InChI=1S/C14H20O4/c1-10(14(15)17-4)9-11(2)18-13-7-5-12(16-3)6-8-13/h5-8,10-11H,9H2,1-4H3. The summed E-state index contributed by atoms with van der Waals surface area (Å²) >= 11 is 0. The minimum atomic E-state index is -0.208. The van der Waals surface area contributed by atoms with Crippen molar-refractivity contribution in [2.75, 3.05) is 14.2 Å². The molecule has 4 nitrogen and oxygen atoms in total. The highest BCUT2D eigenvalue weighted by Crippen LogP contribution is 2.20.